The Morgan fingerprint density at radius 3 is 2.67 bits per heavy atom. The van der Waals surface area contributed by atoms with Gasteiger partial charge in [-0.3, -0.25) is 9.69 Å². The summed E-state index contributed by atoms with van der Waals surface area (Å²) in [5, 5.41) is 11.7. The molecule has 2 aromatic rings. The maximum atomic E-state index is 13.7. The van der Waals surface area contributed by atoms with E-state index in [1.807, 2.05) is 11.0 Å². The maximum Gasteiger partial charge on any atom is 0.247 e. The summed E-state index contributed by atoms with van der Waals surface area (Å²) < 4.78 is 20.7. The van der Waals surface area contributed by atoms with Gasteiger partial charge in [0.2, 0.25) is 5.91 Å². The van der Waals surface area contributed by atoms with Gasteiger partial charge >= 0.3 is 0 Å². The number of aryl methyl sites for hydroxylation is 1. The van der Waals surface area contributed by atoms with Crippen LogP contribution in [0.25, 0.3) is 0 Å². The predicted octanol–water partition coefficient (Wildman–Crippen LogP) is 1.48. The number of aromatic nitrogens is 4. The summed E-state index contributed by atoms with van der Waals surface area (Å²) in [4.78, 5) is 17.8. The smallest absolute Gasteiger partial charge is 0.247 e. The minimum absolute atomic E-state index is 0.000478. The zero-order chi connectivity index (χ0) is 20.9. The lowest BCUT2D eigenvalue weighted by atomic mass is 9.95. The third-order valence-corrected chi connectivity index (χ3v) is 6.10. The van der Waals surface area contributed by atoms with Crippen LogP contribution in [0.3, 0.4) is 0 Å². The summed E-state index contributed by atoms with van der Waals surface area (Å²) >= 11 is 0. The Bertz CT molecular complexity index is 846. The normalized spacial score (nSPS) is 19.7. The molecule has 1 amide bonds. The number of benzene rings is 1. The first-order valence-electron chi connectivity index (χ1n) is 10.7. The highest BCUT2D eigenvalue weighted by Crippen LogP contribution is 2.24. The minimum Gasteiger partial charge on any atom is -0.379 e. The second kappa shape index (κ2) is 9.61. The molecule has 9 heteroatoms. The molecule has 2 aliphatic heterocycles. The highest BCUT2D eigenvalue weighted by molar-refractivity contribution is 5.80. The van der Waals surface area contributed by atoms with Gasteiger partial charge in [0.05, 0.1) is 13.2 Å². The molecule has 1 atom stereocenters. The molecule has 3 heterocycles. The number of carbonyl (C=O) groups excluding carboxylic acids is 1. The van der Waals surface area contributed by atoms with Gasteiger partial charge in [0.25, 0.3) is 0 Å². The number of likely N-dealkylation sites (tertiary alicyclic amines) is 1. The fraction of sp³-hybridized carbons (Fsp3) is 0.619. The summed E-state index contributed by atoms with van der Waals surface area (Å²) in [5.41, 5.74) is 0.755. The summed E-state index contributed by atoms with van der Waals surface area (Å²) in [7, 11) is 0. The number of hydrogen-bond donors (Lipinski definition) is 0. The number of nitrogens with zero attached hydrogens (tertiary/aromatic N) is 6. The average Bonchev–Trinajstić information content (AvgIpc) is 3.18. The van der Waals surface area contributed by atoms with Crippen LogP contribution in [0.15, 0.2) is 24.3 Å². The van der Waals surface area contributed by atoms with E-state index in [1.54, 1.807) is 17.7 Å². The van der Waals surface area contributed by atoms with Crippen LogP contribution in [0.5, 0.6) is 0 Å². The monoisotopic (exact) mass is 416 g/mol. The van der Waals surface area contributed by atoms with Crippen LogP contribution in [0.2, 0.25) is 0 Å². The number of hydrogen-bond acceptors (Lipinski definition) is 6. The molecule has 0 aliphatic carbocycles. The number of amides is 1. The van der Waals surface area contributed by atoms with Crippen molar-refractivity contribution in [2.24, 2.45) is 5.92 Å². The van der Waals surface area contributed by atoms with Gasteiger partial charge in [-0.15, -0.1) is 5.10 Å². The third kappa shape index (κ3) is 5.02. The molecule has 2 fully saturated rings. The van der Waals surface area contributed by atoms with E-state index >= 15 is 0 Å². The van der Waals surface area contributed by atoms with Crippen LogP contribution in [0, 0.1) is 18.7 Å². The summed E-state index contributed by atoms with van der Waals surface area (Å²) in [6, 6.07) is 5.79. The van der Waals surface area contributed by atoms with Crippen molar-refractivity contribution >= 4 is 5.91 Å². The zero-order valence-corrected chi connectivity index (χ0v) is 17.4. The van der Waals surface area contributed by atoms with Gasteiger partial charge in [-0.2, -0.15) is 0 Å². The number of halogens is 1. The number of rotatable bonds is 6. The second-order valence-electron chi connectivity index (χ2n) is 8.20. The predicted molar refractivity (Wildman–Crippen MR) is 108 cm³/mol. The first kappa shape index (κ1) is 20.9. The van der Waals surface area contributed by atoms with Crippen LogP contribution in [0.4, 0.5) is 4.39 Å². The zero-order valence-electron chi connectivity index (χ0n) is 17.4. The fourth-order valence-electron chi connectivity index (χ4n) is 4.39. The Kier molecular flexibility index (Phi) is 6.69. The van der Waals surface area contributed by atoms with Crippen molar-refractivity contribution in [1.82, 2.24) is 30.0 Å². The Morgan fingerprint density at radius 1 is 1.23 bits per heavy atom. The quantitative estimate of drug-likeness (QED) is 0.710. The number of ether oxygens (including phenoxy) is 1. The van der Waals surface area contributed by atoms with E-state index in [1.165, 1.54) is 12.1 Å². The van der Waals surface area contributed by atoms with Crippen molar-refractivity contribution in [1.29, 1.82) is 0 Å². The fourth-order valence-corrected chi connectivity index (χ4v) is 4.39. The molecule has 162 valence electrons. The van der Waals surface area contributed by atoms with Crippen LogP contribution in [-0.4, -0.2) is 81.9 Å². The lowest BCUT2D eigenvalue weighted by Crippen LogP contribution is -2.46. The molecule has 2 aliphatic rings. The van der Waals surface area contributed by atoms with Crippen molar-refractivity contribution in [2.45, 2.75) is 32.2 Å². The summed E-state index contributed by atoms with van der Waals surface area (Å²) in [5.74, 6) is 0.867. The molecule has 1 aromatic heterocycles. The maximum absolute atomic E-state index is 13.7. The van der Waals surface area contributed by atoms with Crippen LogP contribution in [-0.2, 0) is 16.0 Å². The van der Waals surface area contributed by atoms with Crippen molar-refractivity contribution < 1.29 is 13.9 Å². The summed E-state index contributed by atoms with van der Waals surface area (Å²) in [6.07, 6.45) is 2.34. The van der Waals surface area contributed by atoms with E-state index in [0.717, 1.165) is 64.3 Å². The molecular formula is C21H29FN6O2. The number of carbonyl (C=O) groups is 1. The Balaban J connectivity index is 1.41. The van der Waals surface area contributed by atoms with E-state index in [2.05, 4.69) is 20.4 Å². The molecule has 1 aromatic carbocycles. The van der Waals surface area contributed by atoms with Gasteiger partial charge < -0.3 is 9.64 Å². The molecule has 0 spiro atoms. The van der Waals surface area contributed by atoms with Gasteiger partial charge in [0, 0.05) is 39.1 Å². The van der Waals surface area contributed by atoms with E-state index in [0.29, 0.717) is 18.2 Å². The van der Waals surface area contributed by atoms with Crippen LogP contribution in [0.1, 0.15) is 30.3 Å². The molecule has 0 unspecified atom stereocenters. The van der Waals surface area contributed by atoms with Gasteiger partial charge in [0.15, 0.2) is 0 Å². The Hall–Kier alpha value is -2.39. The van der Waals surface area contributed by atoms with Crippen molar-refractivity contribution in [2.75, 3.05) is 45.9 Å². The van der Waals surface area contributed by atoms with Gasteiger partial charge in [0.1, 0.15) is 17.7 Å². The molecule has 0 N–H and O–H groups in total. The van der Waals surface area contributed by atoms with E-state index in [9.17, 15) is 9.18 Å². The topological polar surface area (TPSA) is 76.4 Å². The third-order valence-electron chi connectivity index (χ3n) is 6.10. The highest BCUT2D eigenvalue weighted by Gasteiger charge is 2.32. The minimum atomic E-state index is -0.572. The molecule has 30 heavy (non-hydrogen) atoms. The van der Waals surface area contributed by atoms with Crippen LogP contribution < -0.4 is 0 Å². The van der Waals surface area contributed by atoms with Crippen molar-refractivity contribution in [3.63, 3.8) is 0 Å². The van der Waals surface area contributed by atoms with Crippen molar-refractivity contribution in [3.05, 3.63) is 41.5 Å². The van der Waals surface area contributed by atoms with Gasteiger partial charge in [-0.25, -0.2) is 9.07 Å². The lowest BCUT2D eigenvalue weighted by Gasteiger charge is -2.37. The van der Waals surface area contributed by atoms with Crippen molar-refractivity contribution in [3.8, 4) is 0 Å². The molecular weight excluding hydrogens is 387 g/mol. The lowest BCUT2D eigenvalue weighted by molar-refractivity contribution is -0.136. The standard InChI is InChI=1S/C21H29FN6O2/c1-16-23-24-25-28(16)20(14-18-3-2-4-19(22)13-18)21(29)27-7-5-17(6-8-27)15-26-9-11-30-12-10-26/h2-4,13,17,20H,5-12,14-15H2,1H3/t20-/m1/s1. The number of morpholine rings is 1. The largest absolute Gasteiger partial charge is 0.379 e. The van der Waals surface area contributed by atoms with E-state index < -0.39 is 6.04 Å². The van der Waals surface area contributed by atoms with Crippen LogP contribution >= 0.6 is 0 Å². The molecule has 8 nitrogen and oxygen atoms in total. The summed E-state index contributed by atoms with van der Waals surface area (Å²) in [6.45, 7) is 7.92. The van der Waals surface area contributed by atoms with Gasteiger partial charge in [-0.05, 0) is 53.8 Å². The molecule has 0 bridgehead atoms. The van der Waals surface area contributed by atoms with Gasteiger partial charge in [-0.1, -0.05) is 12.1 Å². The first-order valence-corrected chi connectivity index (χ1v) is 10.7. The molecule has 0 radical (unpaired) electrons. The van der Waals surface area contributed by atoms with E-state index in [-0.39, 0.29) is 11.7 Å². The SMILES string of the molecule is Cc1nnnn1[C@H](Cc1cccc(F)c1)C(=O)N1CCC(CN2CCOCC2)CC1. The van der Waals surface area contributed by atoms with E-state index in [4.69, 9.17) is 4.74 Å². The molecule has 4 rings (SSSR count). The molecule has 2 saturated heterocycles. The molecule has 0 saturated carbocycles. The first-order chi connectivity index (χ1) is 14.6. The highest BCUT2D eigenvalue weighted by atomic mass is 19.1. The Morgan fingerprint density at radius 2 is 2.00 bits per heavy atom. The number of tetrazole rings is 1. The second-order valence-corrected chi connectivity index (χ2v) is 8.20. The number of piperidine rings is 1. The average molecular weight is 417 g/mol. The Labute approximate surface area is 176 Å².